The fraction of sp³-hybridized carbons (Fsp3) is 0.182. The molecule has 2 aromatic carbocycles. The number of methoxy groups -OCH3 is 1. The predicted octanol–water partition coefficient (Wildman–Crippen LogP) is 4.74. The Bertz CT molecular complexity index is 1370. The van der Waals surface area contributed by atoms with Crippen LogP contribution >= 0.6 is 11.3 Å². The maximum atomic E-state index is 14.6. The fourth-order valence-corrected chi connectivity index (χ4v) is 4.09. The first-order valence-electron chi connectivity index (χ1n) is 9.49. The fourth-order valence-electron chi connectivity index (χ4n) is 3.10. The summed E-state index contributed by atoms with van der Waals surface area (Å²) in [6.45, 7) is 7.14. The van der Waals surface area contributed by atoms with Crippen molar-refractivity contribution in [3.8, 4) is 22.2 Å². The molecular weight excluding hydrogens is 435 g/mol. The number of carbonyl (C=O) groups is 1. The highest BCUT2D eigenvalue weighted by Gasteiger charge is 2.18. The number of nitrogens with zero attached hydrogens (tertiary/aromatic N) is 3. The zero-order chi connectivity index (χ0) is 23.0. The van der Waals surface area contributed by atoms with Crippen LogP contribution in [0.2, 0.25) is 0 Å². The molecule has 0 saturated carbocycles. The largest absolute Gasteiger partial charge is 0.480 e. The van der Waals surface area contributed by atoms with Crippen molar-refractivity contribution in [1.29, 1.82) is 0 Å². The number of aromatic nitrogens is 3. The van der Waals surface area contributed by atoms with Gasteiger partial charge in [-0.05, 0) is 31.5 Å². The zero-order valence-electron chi connectivity index (χ0n) is 17.5. The SMILES string of the molecule is C=C(Oc1cc2sc(-c3cc(C)cc4nc(OC)cnc34)nc2cc1F)[C@@H](C)OC(N)=O. The van der Waals surface area contributed by atoms with Crippen LogP contribution in [0.25, 0.3) is 31.8 Å². The maximum Gasteiger partial charge on any atom is 0.405 e. The highest BCUT2D eigenvalue weighted by molar-refractivity contribution is 7.21. The number of hydrogen-bond acceptors (Lipinski definition) is 8. The Hall–Kier alpha value is -3.79. The van der Waals surface area contributed by atoms with Gasteiger partial charge in [0.05, 0.1) is 34.6 Å². The highest BCUT2D eigenvalue weighted by Crippen LogP contribution is 2.37. The van der Waals surface area contributed by atoms with Gasteiger partial charge in [0.1, 0.15) is 10.8 Å². The van der Waals surface area contributed by atoms with Crippen molar-refractivity contribution in [3.63, 3.8) is 0 Å². The number of nitrogens with two attached hydrogens (primary N) is 1. The van der Waals surface area contributed by atoms with Crippen LogP contribution < -0.4 is 15.2 Å². The summed E-state index contributed by atoms with van der Waals surface area (Å²) in [4.78, 5) is 24.4. The molecule has 1 amide bonds. The van der Waals surface area contributed by atoms with Crippen molar-refractivity contribution < 1.29 is 23.4 Å². The Morgan fingerprint density at radius 2 is 2.00 bits per heavy atom. The molecule has 1 atom stereocenters. The molecule has 0 aliphatic heterocycles. The van der Waals surface area contributed by atoms with E-state index < -0.39 is 18.0 Å². The first kappa shape index (κ1) is 21.4. The second-order valence-electron chi connectivity index (χ2n) is 7.01. The third kappa shape index (κ3) is 4.17. The molecule has 0 aliphatic rings. The maximum absolute atomic E-state index is 14.6. The van der Waals surface area contributed by atoms with E-state index in [0.29, 0.717) is 32.1 Å². The van der Waals surface area contributed by atoms with Crippen molar-refractivity contribution >= 4 is 38.7 Å². The number of benzene rings is 2. The van der Waals surface area contributed by atoms with Crippen LogP contribution in [-0.2, 0) is 4.74 Å². The van der Waals surface area contributed by atoms with E-state index in [-0.39, 0.29) is 11.5 Å². The van der Waals surface area contributed by atoms with Gasteiger partial charge in [0.25, 0.3) is 0 Å². The minimum Gasteiger partial charge on any atom is -0.480 e. The predicted molar refractivity (Wildman–Crippen MR) is 119 cm³/mol. The van der Waals surface area contributed by atoms with E-state index >= 15 is 0 Å². The molecule has 0 fully saturated rings. The Morgan fingerprint density at radius 3 is 2.72 bits per heavy atom. The number of aryl methyl sites for hydroxylation is 1. The molecule has 2 aromatic heterocycles. The lowest BCUT2D eigenvalue weighted by molar-refractivity contribution is 0.112. The summed E-state index contributed by atoms with van der Waals surface area (Å²) >= 11 is 1.36. The number of carbonyl (C=O) groups excluding carboxylic acids is 1. The number of amides is 1. The minimum atomic E-state index is -0.976. The molecule has 2 N–H and O–H groups in total. The number of primary amides is 1. The van der Waals surface area contributed by atoms with Gasteiger partial charge in [0.15, 0.2) is 17.7 Å². The van der Waals surface area contributed by atoms with Crippen molar-refractivity contribution in [1.82, 2.24) is 15.0 Å². The summed E-state index contributed by atoms with van der Waals surface area (Å²) in [5.41, 5.74) is 8.57. The Morgan fingerprint density at radius 1 is 1.22 bits per heavy atom. The minimum absolute atomic E-state index is 0.0423. The average Bonchev–Trinajstić information content (AvgIpc) is 3.14. The second-order valence-corrected chi connectivity index (χ2v) is 8.04. The number of halogens is 1. The van der Waals surface area contributed by atoms with E-state index in [1.54, 1.807) is 6.20 Å². The summed E-state index contributed by atoms with van der Waals surface area (Å²) in [6, 6.07) is 6.68. The van der Waals surface area contributed by atoms with Gasteiger partial charge in [-0.3, -0.25) is 0 Å². The number of thiazole rings is 1. The molecule has 8 nitrogen and oxygen atoms in total. The van der Waals surface area contributed by atoms with Crippen LogP contribution in [0.4, 0.5) is 9.18 Å². The van der Waals surface area contributed by atoms with Crippen LogP contribution in [0.15, 0.2) is 42.8 Å². The normalized spacial score (nSPS) is 12.0. The van der Waals surface area contributed by atoms with E-state index in [1.165, 1.54) is 37.5 Å². The quantitative estimate of drug-likeness (QED) is 0.419. The van der Waals surface area contributed by atoms with Gasteiger partial charge < -0.3 is 19.9 Å². The lowest BCUT2D eigenvalue weighted by Gasteiger charge is -2.15. The van der Waals surface area contributed by atoms with E-state index in [2.05, 4.69) is 21.5 Å². The molecule has 4 aromatic rings. The van der Waals surface area contributed by atoms with Crippen LogP contribution in [-0.4, -0.2) is 34.3 Å². The first-order valence-corrected chi connectivity index (χ1v) is 10.3. The molecule has 0 aliphatic carbocycles. The van der Waals surface area contributed by atoms with Crippen LogP contribution in [0, 0.1) is 12.7 Å². The van der Waals surface area contributed by atoms with Crippen LogP contribution in [0.5, 0.6) is 11.6 Å². The summed E-state index contributed by atoms with van der Waals surface area (Å²) < 4.78 is 30.8. The lowest BCUT2D eigenvalue weighted by atomic mass is 10.1. The van der Waals surface area contributed by atoms with Gasteiger partial charge in [-0.1, -0.05) is 6.58 Å². The van der Waals surface area contributed by atoms with Gasteiger partial charge in [-0.15, -0.1) is 11.3 Å². The topological polar surface area (TPSA) is 109 Å². The third-order valence-corrected chi connectivity index (χ3v) is 5.69. The molecule has 32 heavy (non-hydrogen) atoms. The molecule has 2 heterocycles. The number of ether oxygens (including phenoxy) is 3. The second kappa shape index (κ2) is 8.39. The van der Waals surface area contributed by atoms with Gasteiger partial charge in [0.2, 0.25) is 5.88 Å². The summed E-state index contributed by atoms with van der Waals surface area (Å²) in [6.07, 6.45) is -0.272. The van der Waals surface area contributed by atoms with Crippen molar-refractivity contribution in [2.24, 2.45) is 5.73 Å². The first-order chi connectivity index (χ1) is 15.2. The van der Waals surface area contributed by atoms with E-state index in [4.69, 9.17) is 19.9 Å². The standard InChI is InChI=1S/C22H19FN4O4S/c1-10-5-13(20-16(6-10)26-19(29-4)9-25-20)21-27-15-7-14(23)17(8-18(15)32-21)30-11(2)12(3)31-22(24)28/h5-9,12H,2H2,1,3-4H3,(H2,24,28)/t12-/m1/s1. The molecule has 4 rings (SSSR count). The lowest BCUT2D eigenvalue weighted by Crippen LogP contribution is -2.23. The van der Waals surface area contributed by atoms with Crippen LogP contribution in [0.1, 0.15) is 12.5 Å². The monoisotopic (exact) mass is 454 g/mol. The Balaban J connectivity index is 1.73. The van der Waals surface area contributed by atoms with Crippen molar-refractivity contribution in [2.75, 3.05) is 7.11 Å². The van der Waals surface area contributed by atoms with Gasteiger partial charge >= 0.3 is 6.09 Å². The number of hydrogen-bond donors (Lipinski definition) is 1. The molecule has 10 heteroatoms. The number of fused-ring (bicyclic) bond motifs is 2. The molecule has 0 saturated heterocycles. The average molecular weight is 454 g/mol. The molecular formula is C22H19FN4O4S. The zero-order valence-corrected chi connectivity index (χ0v) is 18.3. The molecule has 0 unspecified atom stereocenters. The highest BCUT2D eigenvalue weighted by atomic mass is 32.1. The summed E-state index contributed by atoms with van der Waals surface area (Å²) in [7, 11) is 1.53. The third-order valence-electron chi connectivity index (χ3n) is 4.64. The Kier molecular flexibility index (Phi) is 5.62. The van der Waals surface area contributed by atoms with Gasteiger partial charge in [-0.25, -0.2) is 24.1 Å². The van der Waals surface area contributed by atoms with Crippen molar-refractivity contribution in [3.05, 3.63) is 54.2 Å². The molecule has 0 bridgehead atoms. The Labute approximate surface area is 186 Å². The van der Waals surface area contributed by atoms with Gasteiger partial charge in [-0.2, -0.15) is 0 Å². The van der Waals surface area contributed by atoms with Crippen LogP contribution in [0.3, 0.4) is 0 Å². The molecule has 0 spiro atoms. The van der Waals surface area contributed by atoms with Gasteiger partial charge in [0, 0.05) is 17.7 Å². The smallest absolute Gasteiger partial charge is 0.405 e. The summed E-state index contributed by atoms with van der Waals surface area (Å²) in [5, 5.41) is 0.661. The molecule has 164 valence electrons. The number of rotatable bonds is 6. The van der Waals surface area contributed by atoms with E-state index in [0.717, 1.165) is 11.1 Å². The van der Waals surface area contributed by atoms with E-state index in [1.807, 2.05) is 19.1 Å². The molecule has 0 radical (unpaired) electrons. The van der Waals surface area contributed by atoms with Crippen molar-refractivity contribution in [2.45, 2.75) is 20.0 Å². The summed E-state index contributed by atoms with van der Waals surface area (Å²) in [5.74, 6) is -0.227. The van der Waals surface area contributed by atoms with E-state index in [9.17, 15) is 9.18 Å².